The molecule has 3 aromatic rings. The van der Waals surface area contributed by atoms with Crippen molar-refractivity contribution in [1.29, 1.82) is 0 Å². The van der Waals surface area contributed by atoms with Gasteiger partial charge in [-0.1, -0.05) is 30.3 Å². The smallest absolute Gasteiger partial charge is 0.269 e. The predicted molar refractivity (Wildman–Crippen MR) is 123 cm³/mol. The van der Waals surface area contributed by atoms with Crippen LogP contribution in [0.2, 0.25) is 0 Å². The Morgan fingerprint density at radius 2 is 1.71 bits per heavy atom. The number of hydrogen-bond donors (Lipinski definition) is 1. The van der Waals surface area contributed by atoms with E-state index in [1.807, 2.05) is 0 Å². The lowest BCUT2D eigenvalue weighted by atomic mass is 9.88. The first-order chi connectivity index (χ1) is 16.3. The van der Waals surface area contributed by atoms with E-state index >= 15 is 0 Å². The van der Waals surface area contributed by atoms with Crippen LogP contribution in [0.3, 0.4) is 0 Å². The SMILES string of the molecule is COc1ccc(C(=O)C[C@@]2(O)C(=O)N(Cc3ccc([N+](=O)[O-])cc3)c3ccccc32)cc1OC. The number of ketones is 1. The Balaban J connectivity index is 1.63. The maximum Gasteiger partial charge on any atom is 0.269 e. The number of hydrogen-bond acceptors (Lipinski definition) is 7. The van der Waals surface area contributed by atoms with E-state index in [9.17, 15) is 24.8 Å². The summed E-state index contributed by atoms with van der Waals surface area (Å²) < 4.78 is 10.4. The first-order valence-corrected chi connectivity index (χ1v) is 10.4. The molecule has 0 bridgehead atoms. The standard InChI is InChI=1S/C25H22N2O7/c1-33-22-12-9-17(13-23(22)34-2)21(28)14-25(30)19-5-3-4-6-20(19)26(24(25)29)15-16-7-10-18(11-8-16)27(31)32/h3-13,30H,14-15H2,1-2H3/t25-/m0/s1. The first kappa shape index (κ1) is 22.9. The van der Waals surface area contributed by atoms with Crippen molar-refractivity contribution in [3.05, 3.63) is 93.5 Å². The van der Waals surface area contributed by atoms with Crippen LogP contribution in [0.15, 0.2) is 66.7 Å². The van der Waals surface area contributed by atoms with Gasteiger partial charge in [-0.25, -0.2) is 0 Å². The molecule has 1 amide bonds. The minimum atomic E-state index is -2.05. The summed E-state index contributed by atoms with van der Waals surface area (Å²) in [6, 6.07) is 17.2. The Labute approximate surface area is 195 Å². The van der Waals surface area contributed by atoms with Crippen molar-refractivity contribution in [2.75, 3.05) is 19.1 Å². The summed E-state index contributed by atoms with van der Waals surface area (Å²) in [5, 5.41) is 22.4. The molecule has 0 aromatic heterocycles. The van der Waals surface area contributed by atoms with E-state index in [-0.39, 0.29) is 17.8 Å². The van der Waals surface area contributed by atoms with E-state index in [0.717, 1.165) is 0 Å². The van der Waals surface area contributed by atoms with Gasteiger partial charge >= 0.3 is 0 Å². The lowest BCUT2D eigenvalue weighted by molar-refractivity contribution is -0.384. The third kappa shape index (κ3) is 3.97. The molecule has 3 aromatic carbocycles. The van der Waals surface area contributed by atoms with Gasteiger partial charge in [0.05, 0.1) is 37.8 Å². The van der Waals surface area contributed by atoms with Crippen molar-refractivity contribution < 1.29 is 29.1 Å². The number of para-hydroxylation sites is 1. The third-order valence-corrected chi connectivity index (χ3v) is 5.85. The highest BCUT2D eigenvalue weighted by Crippen LogP contribution is 2.44. The molecule has 1 heterocycles. The van der Waals surface area contributed by atoms with Gasteiger partial charge in [0.25, 0.3) is 11.6 Å². The van der Waals surface area contributed by atoms with Crippen molar-refractivity contribution >= 4 is 23.1 Å². The normalized spacial score (nSPS) is 16.8. The zero-order chi connectivity index (χ0) is 24.5. The van der Waals surface area contributed by atoms with E-state index in [2.05, 4.69) is 0 Å². The second-order valence-electron chi connectivity index (χ2n) is 7.86. The summed E-state index contributed by atoms with van der Waals surface area (Å²) in [6.07, 6.45) is -0.463. The van der Waals surface area contributed by atoms with Gasteiger partial charge in [-0.3, -0.25) is 19.7 Å². The highest BCUT2D eigenvalue weighted by Gasteiger charge is 2.50. The second kappa shape index (κ2) is 8.95. The summed E-state index contributed by atoms with van der Waals surface area (Å²) >= 11 is 0. The number of Topliss-reactive ketones (excluding diaryl/α,β-unsaturated/α-hetero) is 1. The molecule has 0 saturated heterocycles. The summed E-state index contributed by atoms with van der Waals surface area (Å²) in [4.78, 5) is 38.3. The highest BCUT2D eigenvalue weighted by molar-refractivity contribution is 6.10. The number of non-ortho nitro benzene ring substituents is 1. The number of ether oxygens (including phenoxy) is 2. The molecule has 0 spiro atoms. The molecule has 9 nitrogen and oxygen atoms in total. The topological polar surface area (TPSA) is 119 Å². The van der Waals surface area contributed by atoms with Crippen LogP contribution in [-0.4, -0.2) is 35.9 Å². The van der Waals surface area contributed by atoms with E-state index in [1.165, 1.54) is 37.3 Å². The fourth-order valence-electron chi connectivity index (χ4n) is 4.08. The molecule has 1 N–H and O–H groups in total. The maximum absolute atomic E-state index is 13.4. The van der Waals surface area contributed by atoms with Crippen LogP contribution in [-0.2, 0) is 16.9 Å². The van der Waals surface area contributed by atoms with Crippen LogP contribution < -0.4 is 14.4 Å². The Morgan fingerprint density at radius 1 is 1.03 bits per heavy atom. The number of aliphatic hydroxyl groups is 1. The van der Waals surface area contributed by atoms with Gasteiger partial charge in [-0.2, -0.15) is 0 Å². The number of carbonyl (C=O) groups excluding carboxylic acids is 2. The van der Waals surface area contributed by atoms with Gasteiger partial charge in [0, 0.05) is 23.3 Å². The van der Waals surface area contributed by atoms with Gasteiger partial charge in [-0.05, 0) is 29.8 Å². The predicted octanol–water partition coefficient (Wildman–Crippen LogP) is 3.62. The van der Waals surface area contributed by atoms with E-state index in [1.54, 1.807) is 48.5 Å². The van der Waals surface area contributed by atoms with Crippen LogP contribution in [0.25, 0.3) is 0 Å². The zero-order valence-electron chi connectivity index (χ0n) is 18.6. The minimum Gasteiger partial charge on any atom is -0.493 e. The average molecular weight is 462 g/mol. The van der Waals surface area contributed by atoms with Gasteiger partial charge in [0.1, 0.15) is 0 Å². The van der Waals surface area contributed by atoms with Crippen molar-refractivity contribution in [1.82, 2.24) is 0 Å². The molecule has 1 aliphatic heterocycles. The van der Waals surface area contributed by atoms with Crippen LogP contribution in [0.5, 0.6) is 11.5 Å². The van der Waals surface area contributed by atoms with E-state index < -0.39 is 28.6 Å². The van der Waals surface area contributed by atoms with Crippen molar-refractivity contribution in [3.8, 4) is 11.5 Å². The number of fused-ring (bicyclic) bond motifs is 1. The molecule has 4 rings (SSSR count). The van der Waals surface area contributed by atoms with Gasteiger partial charge in [0.15, 0.2) is 22.9 Å². The van der Waals surface area contributed by atoms with Crippen molar-refractivity contribution in [2.24, 2.45) is 0 Å². The number of anilines is 1. The fourth-order valence-corrected chi connectivity index (χ4v) is 4.08. The number of nitro groups is 1. The lowest BCUT2D eigenvalue weighted by Gasteiger charge is -2.23. The molecule has 0 fully saturated rings. The molecule has 34 heavy (non-hydrogen) atoms. The summed E-state index contributed by atoms with van der Waals surface area (Å²) in [6.45, 7) is 0.0840. The largest absolute Gasteiger partial charge is 0.493 e. The average Bonchev–Trinajstić information content (AvgIpc) is 3.05. The molecule has 1 aliphatic rings. The number of nitro benzene ring substituents is 1. The zero-order valence-corrected chi connectivity index (χ0v) is 18.6. The second-order valence-corrected chi connectivity index (χ2v) is 7.86. The van der Waals surface area contributed by atoms with Gasteiger partial charge in [0.2, 0.25) is 0 Å². The minimum absolute atomic E-state index is 0.0612. The van der Waals surface area contributed by atoms with Gasteiger partial charge in [-0.15, -0.1) is 0 Å². The molecule has 1 atom stereocenters. The fraction of sp³-hybridized carbons (Fsp3) is 0.200. The number of rotatable bonds is 8. The van der Waals surface area contributed by atoms with Crippen LogP contribution in [0.1, 0.15) is 27.9 Å². The van der Waals surface area contributed by atoms with Crippen molar-refractivity contribution in [2.45, 2.75) is 18.6 Å². The maximum atomic E-state index is 13.4. The van der Waals surface area contributed by atoms with Crippen LogP contribution >= 0.6 is 0 Å². The summed E-state index contributed by atoms with van der Waals surface area (Å²) in [5.74, 6) is -0.266. The quantitative estimate of drug-likeness (QED) is 0.308. The monoisotopic (exact) mass is 462 g/mol. The molecule has 0 unspecified atom stereocenters. The number of methoxy groups -OCH3 is 2. The molecule has 0 aliphatic carbocycles. The summed E-state index contributed by atoms with van der Waals surface area (Å²) in [5.41, 5.74) is -0.394. The molecular formula is C25H22N2O7. The number of nitrogens with zero attached hydrogens (tertiary/aromatic N) is 2. The Morgan fingerprint density at radius 3 is 2.35 bits per heavy atom. The molecule has 9 heteroatoms. The van der Waals surface area contributed by atoms with E-state index in [4.69, 9.17) is 9.47 Å². The summed E-state index contributed by atoms with van der Waals surface area (Å²) in [7, 11) is 2.93. The molecule has 174 valence electrons. The molecular weight excluding hydrogens is 440 g/mol. The lowest BCUT2D eigenvalue weighted by Crippen LogP contribution is -2.41. The third-order valence-electron chi connectivity index (χ3n) is 5.85. The van der Waals surface area contributed by atoms with E-state index in [0.29, 0.717) is 28.3 Å². The molecule has 0 saturated carbocycles. The van der Waals surface area contributed by atoms with Crippen LogP contribution in [0, 0.1) is 10.1 Å². The van der Waals surface area contributed by atoms with Gasteiger partial charge < -0.3 is 19.5 Å². The Kier molecular flexibility index (Phi) is 6.04. The molecule has 0 radical (unpaired) electrons. The van der Waals surface area contributed by atoms with Crippen LogP contribution in [0.4, 0.5) is 11.4 Å². The first-order valence-electron chi connectivity index (χ1n) is 10.4. The Hall–Kier alpha value is -4.24. The number of benzene rings is 3. The highest BCUT2D eigenvalue weighted by atomic mass is 16.6. The number of carbonyl (C=O) groups is 2. The Bertz CT molecular complexity index is 1270. The number of amides is 1. The van der Waals surface area contributed by atoms with Crippen molar-refractivity contribution in [3.63, 3.8) is 0 Å².